The maximum atomic E-state index is 12.6. The van der Waals surface area contributed by atoms with Crippen molar-refractivity contribution in [3.63, 3.8) is 0 Å². The van der Waals surface area contributed by atoms with Crippen molar-refractivity contribution in [2.75, 3.05) is 0 Å². The normalized spacial score (nSPS) is 14.3. The van der Waals surface area contributed by atoms with Crippen LogP contribution in [0.2, 0.25) is 10.0 Å². The Balaban J connectivity index is 3.18. The van der Waals surface area contributed by atoms with Crippen molar-refractivity contribution in [1.29, 1.82) is 0 Å². The lowest BCUT2D eigenvalue weighted by Gasteiger charge is -2.29. The lowest BCUT2D eigenvalue weighted by atomic mass is 10.0. The molecule has 0 saturated carbocycles. The average Bonchev–Trinajstić information content (AvgIpc) is 2.40. The third kappa shape index (κ3) is 7.02. The fraction of sp³-hybridized carbons (Fsp3) is 0.556. The van der Waals surface area contributed by atoms with Crippen LogP contribution in [-0.4, -0.2) is 34.4 Å². The molecule has 1 aromatic rings. The van der Waals surface area contributed by atoms with Gasteiger partial charge < -0.3 is 19.9 Å². The standard InChI is InChI=1S/C18H25Cl2NO5/c1-17(2,3)25-15(23)13(21-16(24)26-18(4,5)6)14(22)12-10(19)8-7-9-11(12)20/h7-9,13-14,22H,1-6H3,(H,21,24)/t13-,14-/m1/s1. The Morgan fingerprint density at radius 2 is 1.46 bits per heavy atom. The molecule has 0 saturated heterocycles. The van der Waals surface area contributed by atoms with E-state index in [9.17, 15) is 14.7 Å². The maximum absolute atomic E-state index is 12.6. The number of benzene rings is 1. The lowest BCUT2D eigenvalue weighted by molar-refractivity contribution is -0.160. The van der Waals surface area contributed by atoms with Crippen molar-refractivity contribution in [2.45, 2.75) is 64.9 Å². The molecule has 26 heavy (non-hydrogen) atoms. The number of aliphatic hydroxyl groups is 1. The van der Waals surface area contributed by atoms with E-state index in [-0.39, 0.29) is 15.6 Å². The van der Waals surface area contributed by atoms with E-state index in [0.29, 0.717) is 0 Å². The first-order valence-electron chi connectivity index (χ1n) is 8.05. The molecule has 1 amide bonds. The second-order valence-corrected chi connectivity index (χ2v) is 8.55. The number of halogens is 2. The van der Waals surface area contributed by atoms with Gasteiger partial charge in [-0.3, -0.25) is 0 Å². The first-order valence-corrected chi connectivity index (χ1v) is 8.81. The van der Waals surface area contributed by atoms with Crippen LogP contribution in [0.4, 0.5) is 4.79 Å². The molecule has 8 heteroatoms. The Hall–Kier alpha value is -1.50. The zero-order valence-corrected chi connectivity index (χ0v) is 17.2. The summed E-state index contributed by atoms with van der Waals surface area (Å²) in [6.45, 7) is 10.0. The number of carbonyl (C=O) groups is 2. The predicted molar refractivity (Wildman–Crippen MR) is 100 cm³/mol. The second kappa shape index (κ2) is 8.46. The van der Waals surface area contributed by atoms with Crippen LogP contribution in [-0.2, 0) is 14.3 Å². The van der Waals surface area contributed by atoms with Crippen LogP contribution >= 0.6 is 23.2 Å². The van der Waals surface area contributed by atoms with Crippen molar-refractivity contribution in [1.82, 2.24) is 5.32 Å². The molecule has 0 aliphatic carbocycles. The number of hydrogen-bond acceptors (Lipinski definition) is 5. The van der Waals surface area contributed by atoms with Crippen molar-refractivity contribution >= 4 is 35.3 Å². The number of nitrogens with one attached hydrogen (secondary N) is 1. The van der Waals surface area contributed by atoms with Gasteiger partial charge in [-0.25, -0.2) is 9.59 Å². The minimum atomic E-state index is -1.53. The van der Waals surface area contributed by atoms with Gasteiger partial charge in [-0.1, -0.05) is 29.3 Å². The largest absolute Gasteiger partial charge is 0.458 e. The number of alkyl carbamates (subject to hydrolysis) is 1. The number of esters is 1. The van der Waals surface area contributed by atoms with E-state index in [1.165, 1.54) is 12.1 Å². The number of ether oxygens (including phenoxy) is 2. The topological polar surface area (TPSA) is 84.9 Å². The Morgan fingerprint density at radius 1 is 1.00 bits per heavy atom. The van der Waals surface area contributed by atoms with E-state index >= 15 is 0 Å². The molecule has 0 bridgehead atoms. The summed E-state index contributed by atoms with van der Waals surface area (Å²) in [6.07, 6.45) is -2.41. The molecule has 0 fully saturated rings. The molecular weight excluding hydrogens is 381 g/mol. The Kier molecular flexibility index (Phi) is 7.33. The zero-order valence-electron chi connectivity index (χ0n) is 15.7. The minimum absolute atomic E-state index is 0.114. The van der Waals surface area contributed by atoms with E-state index < -0.39 is 35.4 Å². The first kappa shape index (κ1) is 22.5. The number of hydrogen-bond donors (Lipinski definition) is 2. The highest BCUT2D eigenvalue weighted by Gasteiger charge is 2.36. The highest BCUT2D eigenvalue weighted by molar-refractivity contribution is 6.36. The van der Waals surface area contributed by atoms with Gasteiger partial charge in [0.1, 0.15) is 17.3 Å². The van der Waals surface area contributed by atoms with Crippen molar-refractivity contribution in [2.24, 2.45) is 0 Å². The third-order valence-electron chi connectivity index (χ3n) is 2.94. The number of aliphatic hydroxyl groups excluding tert-OH is 1. The van der Waals surface area contributed by atoms with E-state index in [1.807, 2.05) is 0 Å². The van der Waals surface area contributed by atoms with Crippen LogP contribution in [0, 0.1) is 0 Å². The van der Waals surface area contributed by atoms with E-state index in [0.717, 1.165) is 0 Å². The fourth-order valence-corrected chi connectivity index (χ4v) is 2.65. The van der Waals surface area contributed by atoms with E-state index in [4.69, 9.17) is 32.7 Å². The molecular formula is C18H25Cl2NO5. The molecule has 0 heterocycles. The molecule has 0 aliphatic heterocycles. The molecule has 6 nitrogen and oxygen atoms in total. The van der Waals surface area contributed by atoms with Gasteiger partial charge in [0, 0.05) is 15.6 Å². The van der Waals surface area contributed by atoms with Crippen LogP contribution < -0.4 is 5.32 Å². The van der Waals surface area contributed by atoms with Gasteiger partial charge in [0.05, 0.1) is 0 Å². The summed E-state index contributed by atoms with van der Waals surface area (Å²) >= 11 is 12.2. The third-order valence-corrected chi connectivity index (χ3v) is 3.60. The quantitative estimate of drug-likeness (QED) is 0.730. The summed E-state index contributed by atoms with van der Waals surface area (Å²) in [4.78, 5) is 24.7. The van der Waals surface area contributed by atoms with E-state index in [2.05, 4.69) is 5.32 Å². The van der Waals surface area contributed by atoms with Gasteiger partial charge in [-0.05, 0) is 53.7 Å². The van der Waals surface area contributed by atoms with Crippen LogP contribution in [0.5, 0.6) is 0 Å². The Labute approximate surface area is 163 Å². The number of amides is 1. The molecule has 1 rings (SSSR count). The lowest BCUT2D eigenvalue weighted by Crippen LogP contribution is -2.49. The van der Waals surface area contributed by atoms with Crippen molar-refractivity contribution in [3.8, 4) is 0 Å². The van der Waals surface area contributed by atoms with Gasteiger partial charge in [-0.2, -0.15) is 0 Å². The molecule has 146 valence electrons. The molecule has 1 aromatic carbocycles. The molecule has 0 spiro atoms. The van der Waals surface area contributed by atoms with Gasteiger partial charge >= 0.3 is 12.1 Å². The summed E-state index contributed by atoms with van der Waals surface area (Å²) in [6, 6.07) is 3.18. The van der Waals surface area contributed by atoms with Gasteiger partial charge in [-0.15, -0.1) is 0 Å². The van der Waals surface area contributed by atoms with Crippen molar-refractivity contribution < 1.29 is 24.2 Å². The van der Waals surface area contributed by atoms with Crippen LogP contribution in [0.1, 0.15) is 53.2 Å². The summed E-state index contributed by atoms with van der Waals surface area (Å²) in [5, 5.41) is 13.4. The monoisotopic (exact) mass is 405 g/mol. The van der Waals surface area contributed by atoms with Crippen LogP contribution in [0.25, 0.3) is 0 Å². The molecule has 0 aromatic heterocycles. The van der Waals surface area contributed by atoms with Crippen molar-refractivity contribution in [3.05, 3.63) is 33.8 Å². The predicted octanol–water partition coefficient (Wildman–Crippen LogP) is 4.26. The van der Waals surface area contributed by atoms with E-state index in [1.54, 1.807) is 47.6 Å². The van der Waals surface area contributed by atoms with Crippen LogP contribution in [0.15, 0.2) is 18.2 Å². The van der Waals surface area contributed by atoms with Gasteiger partial charge in [0.15, 0.2) is 6.04 Å². The summed E-state index contributed by atoms with van der Waals surface area (Å²) in [5.41, 5.74) is -1.49. The summed E-state index contributed by atoms with van der Waals surface area (Å²) < 4.78 is 10.5. The minimum Gasteiger partial charge on any atom is -0.458 e. The maximum Gasteiger partial charge on any atom is 0.408 e. The fourth-order valence-electron chi connectivity index (χ4n) is 2.03. The Bertz CT molecular complexity index is 644. The average molecular weight is 406 g/mol. The number of rotatable bonds is 4. The zero-order chi connectivity index (χ0) is 20.3. The molecule has 0 radical (unpaired) electrons. The Morgan fingerprint density at radius 3 is 1.88 bits per heavy atom. The highest BCUT2D eigenvalue weighted by Crippen LogP contribution is 2.32. The first-order chi connectivity index (χ1) is 11.7. The smallest absolute Gasteiger partial charge is 0.408 e. The highest BCUT2D eigenvalue weighted by atomic mass is 35.5. The number of carbonyl (C=O) groups excluding carboxylic acids is 2. The van der Waals surface area contributed by atoms with Crippen LogP contribution in [0.3, 0.4) is 0 Å². The molecule has 2 N–H and O–H groups in total. The summed E-state index contributed by atoms with van der Waals surface area (Å²) in [5.74, 6) is -0.841. The second-order valence-electron chi connectivity index (χ2n) is 7.74. The van der Waals surface area contributed by atoms with Gasteiger partial charge in [0.25, 0.3) is 0 Å². The molecule has 2 atom stereocenters. The molecule has 0 aliphatic rings. The van der Waals surface area contributed by atoms with Gasteiger partial charge in [0.2, 0.25) is 0 Å². The summed E-state index contributed by atoms with van der Waals surface area (Å²) in [7, 11) is 0. The SMILES string of the molecule is CC(C)(C)OC(=O)N[C@@H](C(=O)OC(C)(C)C)[C@H](O)c1c(Cl)cccc1Cl. The molecule has 0 unspecified atom stereocenters.